The van der Waals surface area contributed by atoms with Crippen molar-refractivity contribution in [2.24, 2.45) is 0 Å². The minimum absolute atomic E-state index is 0.219. The fourth-order valence-electron chi connectivity index (χ4n) is 2.87. The van der Waals surface area contributed by atoms with Gasteiger partial charge in [-0.2, -0.15) is 13.2 Å². The molecule has 3 aromatic rings. The van der Waals surface area contributed by atoms with Crippen molar-refractivity contribution in [2.45, 2.75) is 12.7 Å². The molecule has 0 heterocycles. The Kier molecular flexibility index (Phi) is 5.08. The molecule has 0 aliphatic heterocycles. The summed E-state index contributed by atoms with van der Waals surface area (Å²) in [5.74, 6) is 0.434. The molecule has 0 atom stereocenters. The SMILES string of the molecule is COc1ccc2cc(CN(C)C(=O)c3ccc(C(F)(F)F)cc3)ccc2c1. The van der Waals surface area contributed by atoms with E-state index in [0.717, 1.165) is 34.2 Å². The zero-order valence-corrected chi connectivity index (χ0v) is 14.9. The summed E-state index contributed by atoms with van der Waals surface area (Å²) in [6.07, 6.45) is -4.42. The number of amides is 1. The predicted molar refractivity (Wildman–Crippen MR) is 97.7 cm³/mol. The number of hydrogen-bond acceptors (Lipinski definition) is 2. The van der Waals surface area contributed by atoms with Gasteiger partial charge in [-0.1, -0.05) is 18.2 Å². The first-order valence-corrected chi connectivity index (χ1v) is 8.27. The number of carbonyl (C=O) groups excluding carboxylic acids is 1. The molecule has 1 amide bonds. The van der Waals surface area contributed by atoms with Crippen LogP contribution in [0.15, 0.2) is 60.7 Å². The number of methoxy groups -OCH3 is 1. The fourth-order valence-corrected chi connectivity index (χ4v) is 2.87. The summed E-state index contributed by atoms with van der Waals surface area (Å²) in [5, 5.41) is 2.04. The number of carbonyl (C=O) groups is 1. The van der Waals surface area contributed by atoms with E-state index in [1.54, 1.807) is 14.2 Å². The summed E-state index contributed by atoms with van der Waals surface area (Å²) in [4.78, 5) is 14.0. The zero-order chi connectivity index (χ0) is 19.6. The fraction of sp³-hybridized carbons (Fsp3) is 0.190. The third kappa shape index (κ3) is 4.22. The van der Waals surface area contributed by atoms with Gasteiger partial charge >= 0.3 is 6.18 Å². The van der Waals surface area contributed by atoms with Crippen LogP contribution in [0.4, 0.5) is 13.2 Å². The predicted octanol–water partition coefficient (Wildman–Crippen LogP) is 5.14. The minimum atomic E-state index is -4.42. The maximum atomic E-state index is 12.6. The molecule has 0 radical (unpaired) electrons. The van der Waals surface area contributed by atoms with E-state index in [0.29, 0.717) is 6.54 Å². The largest absolute Gasteiger partial charge is 0.497 e. The van der Waals surface area contributed by atoms with Crippen molar-refractivity contribution >= 4 is 16.7 Å². The Morgan fingerprint density at radius 2 is 1.59 bits per heavy atom. The normalized spacial score (nSPS) is 11.4. The van der Waals surface area contributed by atoms with E-state index >= 15 is 0 Å². The Balaban J connectivity index is 1.75. The molecule has 0 N–H and O–H groups in total. The van der Waals surface area contributed by atoms with Gasteiger partial charge in [0, 0.05) is 19.2 Å². The van der Waals surface area contributed by atoms with Gasteiger partial charge in [-0.3, -0.25) is 4.79 Å². The number of hydrogen-bond donors (Lipinski definition) is 0. The molecule has 140 valence electrons. The first-order valence-electron chi connectivity index (χ1n) is 8.27. The summed E-state index contributed by atoms with van der Waals surface area (Å²) in [5.41, 5.74) is 0.373. The van der Waals surface area contributed by atoms with Crippen LogP contribution in [0.5, 0.6) is 5.75 Å². The Morgan fingerprint density at radius 1 is 0.963 bits per heavy atom. The van der Waals surface area contributed by atoms with Crippen LogP contribution in [0.3, 0.4) is 0 Å². The van der Waals surface area contributed by atoms with Gasteiger partial charge in [0.25, 0.3) is 5.91 Å². The van der Waals surface area contributed by atoms with Crippen molar-refractivity contribution in [3.05, 3.63) is 77.4 Å². The van der Waals surface area contributed by atoms with Crippen LogP contribution in [0, 0.1) is 0 Å². The van der Waals surface area contributed by atoms with Crippen LogP contribution in [0.2, 0.25) is 0 Å². The second-order valence-electron chi connectivity index (χ2n) is 6.28. The second-order valence-corrected chi connectivity index (χ2v) is 6.28. The van der Waals surface area contributed by atoms with Crippen LogP contribution in [0.25, 0.3) is 10.8 Å². The zero-order valence-electron chi connectivity index (χ0n) is 14.9. The molecule has 3 aromatic carbocycles. The highest BCUT2D eigenvalue weighted by atomic mass is 19.4. The molecule has 0 spiro atoms. The average Bonchev–Trinajstić information content (AvgIpc) is 2.66. The number of nitrogens with zero attached hydrogens (tertiary/aromatic N) is 1. The molecule has 0 aliphatic rings. The van der Waals surface area contributed by atoms with Gasteiger partial charge in [-0.25, -0.2) is 0 Å². The van der Waals surface area contributed by atoms with E-state index in [4.69, 9.17) is 4.74 Å². The van der Waals surface area contributed by atoms with Crippen molar-refractivity contribution in [1.29, 1.82) is 0 Å². The van der Waals surface area contributed by atoms with Crippen molar-refractivity contribution in [3.8, 4) is 5.75 Å². The van der Waals surface area contributed by atoms with Gasteiger partial charge in [-0.15, -0.1) is 0 Å². The number of ether oxygens (including phenoxy) is 1. The molecule has 0 bridgehead atoms. The molecule has 3 rings (SSSR count). The Morgan fingerprint density at radius 3 is 2.22 bits per heavy atom. The Labute approximate surface area is 155 Å². The number of alkyl halides is 3. The van der Waals surface area contributed by atoms with Gasteiger partial charge in [-0.05, 0) is 58.8 Å². The maximum absolute atomic E-state index is 12.6. The third-order valence-corrected chi connectivity index (χ3v) is 4.34. The summed E-state index contributed by atoms with van der Waals surface area (Å²) in [6.45, 7) is 0.349. The third-order valence-electron chi connectivity index (χ3n) is 4.34. The lowest BCUT2D eigenvalue weighted by molar-refractivity contribution is -0.137. The van der Waals surface area contributed by atoms with Gasteiger partial charge < -0.3 is 9.64 Å². The monoisotopic (exact) mass is 373 g/mol. The van der Waals surface area contributed by atoms with Crippen LogP contribution in [-0.2, 0) is 12.7 Å². The quantitative estimate of drug-likeness (QED) is 0.634. The van der Waals surface area contributed by atoms with Crippen LogP contribution >= 0.6 is 0 Å². The molecule has 6 heteroatoms. The van der Waals surface area contributed by atoms with Crippen molar-refractivity contribution in [1.82, 2.24) is 4.90 Å². The topological polar surface area (TPSA) is 29.5 Å². The smallest absolute Gasteiger partial charge is 0.416 e. The summed E-state index contributed by atoms with van der Waals surface area (Å²) in [7, 11) is 3.23. The van der Waals surface area contributed by atoms with Crippen LogP contribution in [-0.4, -0.2) is 25.0 Å². The van der Waals surface area contributed by atoms with Gasteiger partial charge in [0.1, 0.15) is 5.75 Å². The molecule has 0 aliphatic carbocycles. The maximum Gasteiger partial charge on any atom is 0.416 e. The Bertz CT molecular complexity index is 965. The van der Waals surface area contributed by atoms with E-state index in [1.807, 2.05) is 36.4 Å². The number of fused-ring (bicyclic) bond motifs is 1. The molecule has 0 unspecified atom stereocenters. The van der Waals surface area contributed by atoms with Crippen molar-refractivity contribution < 1.29 is 22.7 Å². The molecular formula is C21H18F3NO2. The summed E-state index contributed by atoms with van der Waals surface area (Å²) in [6, 6.07) is 15.8. The van der Waals surface area contributed by atoms with E-state index in [9.17, 15) is 18.0 Å². The first-order chi connectivity index (χ1) is 12.8. The minimum Gasteiger partial charge on any atom is -0.497 e. The standard InChI is InChI=1S/C21H18F3NO2/c1-25(20(26)15-5-8-18(9-6-15)21(22,23)24)13-14-3-4-17-12-19(27-2)10-7-16(17)11-14/h3-12H,13H2,1-2H3. The average molecular weight is 373 g/mol. The molecule has 27 heavy (non-hydrogen) atoms. The van der Waals surface area contributed by atoms with E-state index in [-0.39, 0.29) is 11.5 Å². The number of rotatable bonds is 4. The molecule has 0 aromatic heterocycles. The van der Waals surface area contributed by atoms with Crippen LogP contribution in [0.1, 0.15) is 21.5 Å². The van der Waals surface area contributed by atoms with E-state index < -0.39 is 11.7 Å². The molecule has 0 saturated carbocycles. The van der Waals surface area contributed by atoms with E-state index in [1.165, 1.54) is 17.0 Å². The van der Waals surface area contributed by atoms with Gasteiger partial charge in [0.15, 0.2) is 0 Å². The highest BCUT2D eigenvalue weighted by molar-refractivity contribution is 5.94. The van der Waals surface area contributed by atoms with Gasteiger partial charge in [0.05, 0.1) is 12.7 Å². The highest BCUT2D eigenvalue weighted by Gasteiger charge is 2.30. The molecule has 3 nitrogen and oxygen atoms in total. The van der Waals surface area contributed by atoms with Crippen molar-refractivity contribution in [2.75, 3.05) is 14.2 Å². The molecule has 0 saturated heterocycles. The Hall–Kier alpha value is -3.02. The first kappa shape index (κ1) is 18.8. The molecule has 0 fully saturated rings. The highest BCUT2D eigenvalue weighted by Crippen LogP contribution is 2.29. The summed E-state index contributed by atoms with van der Waals surface area (Å²) >= 11 is 0. The number of benzene rings is 3. The number of halogens is 3. The second kappa shape index (κ2) is 7.31. The van der Waals surface area contributed by atoms with Gasteiger partial charge in [0.2, 0.25) is 0 Å². The summed E-state index contributed by atoms with van der Waals surface area (Å²) < 4.78 is 43.1. The van der Waals surface area contributed by atoms with E-state index in [2.05, 4.69) is 0 Å². The lowest BCUT2D eigenvalue weighted by Crippen LogP contribution is -2.26. The lowest BCUT2D eigenvalue weighted by Gasteiger charge is -2.18. The van der Waals surface area contributed by atoms with Crippen molar-refractivity contribution in [3.63, 3.8) is 0 Å². The van der Waals surface area contributed by atoms with Crippen LogP contribution < -0.4 is 4.74 Å². The lowest BCUT2D eigenvalue weighted by atomic mass is 10.1. The molecular weight excluding hydrogens is 355 g/mol.